The average Bonchev–Trinajstić information content (AvgIpc) is 2.51. The molecule has 1 atom stereocenters. The van der Waals surface area contributed by atoms with Crippen molar-refractivity contribution in [3.63, 3.8) is 0 Å². The Bertz CT molecular complexity index is 358. The molecule has 0 saturated carbocycles. The molecule has 1 unspecified atom stereocenters. The summed E-state index contributed by atoms with van der Waals surface area (Å²) in [6.45, 7) is 7.61. The largest absolute Gasteiger partial charge is 0.235 e. The van der Waals surface area contributed by atoms with Gasteiger partial charge in [0.05, 0.1) is 5.54 Å². The van der Waals surface area contributed by atoms with Crippen LogP contribution in [0.15, 0.2) is 4.99 Å². The number of tetrazole rings is 1. The van der Waals surface area contributed by atoms with Gasteiger partial charge in [0.1, 0.15) is 6.04 Å². The molecule has 1 heterocycles. The summed E-state index contributed by atoms with van der Waals surface area (Å²) in [5, 5.41) is 11.8. The van der Waals surface area contributed by atoms with Gasteiger partial charge in [0.15, 0.2) is 5.82 Å². The van der Waals surface area contributed by atoms with E-state index in [1.807, 2.05) is 20.8 Å². The molecule has 6 nitrogen and oxygen atoms in total. The maximum atomic E-state index is 10.0. The summed E-state index contributed by atoms with van der Waals surface area (Å²) in [6.07, 6.45) is 1.47. The lowest BCUT2D eigenvalue weighted by molar-refractivity contribution is 0.305. The number of carbonyl (C=O) groups excluding carboxylic acids is 1. The zero-order valence-electron chi connectivity index (χ0n) is 8.72. The van der Waals surface area contributed by atoms with Crippen LogP contribution in [0.4, 0.5) is 0 Å². The van der Waals surface area contributed by atoms with E-state index in [1.165, 1.54) is 10.9 Å². The zero-order valence-corrected chi connectivity index (χ0v) is 8.72. The minimum absolute atomic E-state index is 0.212. The van der Waals surface area contributed by atoms with Crippen molar-refractivity contribution in [2.75, 3.05) is 0 Å². The highest BCUT2D eigenvalue weighted by atomic mass is 16.1. The first-order chi connectivity index (χ1) is 6.45. The summed E-state index contributed by atoms with van der Waals surface area (Å²) in [5.74, 6) is 0.434. The molecule has 1 rings (SSSR count). The van der Waals surface area contributed by atoms with Crippen LogP contribution in [0, 0.1) is 0 Å². The second kappa shape index (κ2) is 3.67. The molecule has 0 aliphatic rings. The molecule has 76 valence electrons. The van der Waals surface area contributed by atoms with E-state index in [-0.39, 0.29) is 11.6 Å². The van der Waals surface area contributed by atoms with Gasteiger partial charge in [0.2, 0.25) is 6.08 Å². The number of aliphatic imine (C=N–C) groups is 1. The summed E-state index contributed by atoms with van der Waals surface area (Å²) in [4.78, 5) is 15.0. The highest BCUT2D eigenvalue weighted by Gasteiger charge is 2.19. The number of aromatic nitrogens is 4. The molecule has 6 heteroatoms. The van der Waals surface area contributed by atoms with Crippen LogP contribution >= 0.6 is 0 Å². The zero-order chi connectivity index (χ0) is 10.8. The number of hydrogen-bond donors (Lipinski definition) is 0. The van der Waals surface area contributed by atoms with E-state index in [9.17, 15) is 4.79 Å². The molecule has 1 aromatic heterocycles. The number of isocyanates is 1. The monoisotopic (exact) mass is 195 g/mol. The Hall–Kier alpha value is -1.55. The normalized spacial score (nSPS) is 13.4. The van der Waals surface area contributed by atoms with Crippen LogP contribution in [-0.4, -0.2) is 26.3 Å². The van der Waals surface area contributed by atoms with Crippen molar-refractivity contribution in [1.82, 2.24) is 20.2 Å². The highest BCUT2D eigenvalue weighted by molar-refractivity contribution is 5.33. The van der Waals surface area contributed by atoms with Crippen LogP contribution < -0.4 is 0 Å². The lowest BCUT2D eigenvalue weighted by Gasteiger charge is -2.15. The van der Waals surface area contributed by atoms with E-state index >= 15 is 0 Å². The van der Waals surface area contributed by atoms with E-state index in [2.05, 4.69) is 20.4 Å². The van der Waals surface area contributed by atoms with E-state index < -0.39 is 0 Å². The Balaban J connectivity index is 2.93. The van der Waals surface area contributed by atoms with Gasteiger partial charge in [-0.05, 0) is 32.9 Å². The third-order valence-electron chi connectivity index (χ3n) is 1.65. The average molecular weight is 195 g/mol. The minimum Gasteiger partial charge on any atom is -0.211 e. The molecule has 0 N–H and O–H groups in total. The van der Waals surface area contributed by atoms with E-state index in [0.29, 0.717) is 5.82 Å². The molecule has 0 aromatic carbocycles. The topological polar surface area (TPSA) is 73.0 Å². The Kier molecular flexibility index (Phi) is 2.76. The predicted octanol–water partition coefficient (Wildman–Crippen LogP) is 0.825. The van der Waals surface area contributed by atoms with Crippen molar-refractivity contribution < 1.29 is 4.79 Å². The van der Waals surface area contributed by atoms with Crippen molar-refractivity contribution in [2.24, 2.45) is 4.99 Å². The maximum Gasteiger partial charge on any atom is 0.235 e. The first-order valence-electron chi connectivity index (χ1n) is 4.32. The lowest BCUT2D eigenvalue weighted by Crippen LogP contribution is -2.24. The maximum absolute atomic E-state index is 10.0. The van der Waals surface area contributed by atoms with Crippen LogP contribution in [-0.2, 0) is 10.3 Å². The SMILES string of the molecule is CC(N=C=O)c1nnn(C(C)(C)C)n1. The van der Waals surface area contributed by atoms with Crippen LogP contribution in [0.2, 0.25) is 0 Å². The molecule has 1 aromatic rings. The first-order valence-corrected chi connectivity index (χ1v) is 4.32. The smallest absolute Gasteiger partial charge is 0.211 e. The third kappa shape index (κ3) is 2.23. The van der Waals surface area contributed by atoms with Crippen LogP contribution in [0.3, 0.4) is 0 Å². The molecule has 0 aliphatic heterocycles. The van der Waals surface area contributed by atoms with Crippen LogP contribution in [0.1, 0.15) is 39.6 Å². The van der Waals surface area contributed by atoms with Crippen molar-refractivity contribution >= 4 is 6.08 Å². The van der Waals surface area contributed by atoms with Gasteiger partial charge >= 0.3 is 0 Å². The summed E-state index contributed by atoms with van der Waals surface area (Å²) in [5.41, 5.74) is -0.212. The van der Waals surface area contributed by atoms with Gasteiger partial charge in [-0.3, -0.25) is 0 Å². The Morgan fingerprint density at radius 2 is 2.14 bits per heavy atom. The summed E-state index contributed by atoms with van der Waals surface area (Å²) in [7, 11) is 0. The molecule has 0 saturated heterocycles. The molecular formula is C8H13N5O. The summed E-state index contributed by atoms with van der Waals surface area (Å²) >= 11 is 0. The van der Waals surface area contributed by atoms with Gasteiger partial charge in [-0.1, -0.05) is 0 Å². The first kappa shape index (κ1) is 10.5. The molecule has 0 spiro atoms. The Morgan fingerprint density at radius 3 is 2.57 bits per heavy atom. The number of hydrogen-bond acceptors (Lipinski definition) is 5. The molecule has 0 radical (unpaired) electrons. The van der Waals surface area contributed by atoms with Crippen molar-refractivity contribution in [1.29, 1.82) is 0 Å². The molecular weight excluding hydrogens is 182 g/mol. The Morgan fingerprint density at radius 1 is 1.50 bits per heavy atom. The van der Waals surface area contributed by atoms with E-state index in [1.54, 1.807) is 6.92 Å². The van der Waals surface area contributed by atoms with Gasteiger partial charge in [0, 0.05) is 0 Å². The van der Waals surface area contributed by atoms with E-state index in [0.717, 1.165) is 0 Å². The van der Waals surface area contributed by atoms with Crippen LogP contribution in [0.5, 0.6) is 0 Å². The second-order valence-electron chi connectivity index (χ2n) is 4.00. The minimum atomic E-state index is -0.386. The lowest BCUT2D eigenvalue weighted by atomic mass is 10.1. The molecule has 0 amide bonds. The third-order valence-corrected chi connectivity index (χ3v) is 1.65. The number of rotatable bonds is 2. The van der Waals surface area contributed by atoms with Gasteiger partial charge < -0.3 is 0 Å². The second-order valence-corrected chi connectivity index (χ2v) is 4.00. The highest BCUT2D eigenvalue weighted by Crippen LogP contribution is 2.13. The fourth-order valence-electron chi connectivity index (χ4n) is 0.813. The van der Waals surface area contributed by atoms with Crippen molar-refractivity contribution in [3.8, 4) is 0 Å². The summed E-state index contributed by atoms with van der Waals surface area (Å²) in [6, 6.07) is -0.386. The van der Waals surface area contributed by atoms with Gasteiger partial charge in [0.25, 0.3) is 0 Å². The standard InChI is InChI=1S/C8H13N5O/c1-6(9-5-14)7-10-12-13(11-7)8(2,3)4/h6H,1-4H3. The molecule has 0 bridgehead atoms. The van der Waals surface area contributed by atoms with Crippen LogP contribution in [0.25, 0.3) is 0 Å². The van der Waals surface area contributed by atoms with Gasteiger partial charge in [-0.25, -0.2) is 4.79 Å². The fraction of sp³-hybridized carbons (Fsp3) is 0.750. The van der Waals surface area contributed by atoms with Crippen molar-refractivity contribution in [2.45, 2.75) is 39.3 Å². The van der Waals surface area contributed by atoms with E-state index in [4.69, 9.17) is 0 Å². The molecule has 14 heavy (non-hydrogen) atoms. The summed E-state index contributed by atoms with van der Waals surface area (Å²) < 4.78 is 0. The number of nitrogens with zero attached hydrogens (tertiary/aromatic N) is 5. The van der Waals surface area contributed by atoms with Crippen molar-refractivity contribution in [3.05, 3.63) is 5.82 Å². The quantitative estimate of drug-likeness (QED) is 0.517. The molecule has 0 aliphatic carbocycles. The Labute approximate surface area is 82.0 Å². The van der Waals surface area contributed by atoms with Gasteiger partial charge in [-0.2, -0.15) is 9.79 Å². The van der Waals surface area contributed by atoms with Gasteiger partial charge in [-0.15, -0.1) is 10.2 Å². The fourth-order valence-corrected chi connectivity index (χ4v) is 0.813. The predicted molar refractivity (Wildman–Crippen MR) is 49.3 cm³/mol. The molecule has 0 fully saturated rings.